The van der Waals surface area contributed by atoms with Crippen LogP contribution >= 0.6 is 0 Å². The Balaban J connectivity index is 1.78. The number of pyridine rings is 1. The smallest absolute Gasteiger partial charge is 0.323 e. The number of amides is 1. The summed E-state index contributed by atoms with van der Waals surface area (Å²) in [5, 5.41) is 10.2. The van der Waals surface area contributed by atoms with Crippen LogP contribution < -0.4 is 4.74 Å². The van der Waals surface area contributed by atoms with Gasteiger partial charge < -0.3 is 14.7 Å². The van der Waals surface area contributed by atoms with Crippen molar-refractivity contribution in [3.05, 3.63) is 95.6 Å². The van der Waals surface area contributed by atoms with Crippen molar-refractivity contribution in [2.24, 2.45) is 0 Å². The molecule has 6 nitrogen and oxygen atoms in total. The third kappa shape index (κ3) is 5.01. The minimum atomic E-state index is -1.07. The first kappa shape index (κ1) is 22.0. The zero-order valence-corrected chi connectivity index (χ0v) is 18.5. The van der Waals surface area contributed by atoms with Crippen LogP contribution in [0.4, 0.5) is 0 Å². The van der Waals surface area contributed by atoms with Crippen LogP contribution in [-0.2, 0) is 11.3 Å². The van der Waals surface area contributed by atoms with Gasteiger partial charge in [-0.05, 0) is 48.9 Å². The third-order valence-corrected chi connectivity index (χ3v) is 5.44. The predicted molar refractivity (Wildman–Crippen MR) is 127 cm³/mol. The fraction of sp³-hybridized carbons (Fsp3) is 0.148. The molecule has 0 saturated heterocycles. The van der Waals surface area contributed by atoms with Gasteiger partial charge in [0.05, 0.1) is 23.9 Å². The van der Waals surface area contributed by atoms with Gasteiger partial charge >= 0.3 is 5.97 Å². The highest BCUT2D eigenvalue weighted by atomic mass is 16.5. The van der Waals surface area contributed by atoms with E-state index in [9.17, 15) is 14.7 Å². The molecule has 0 saturated carbocycles. The first-order chi connectivity index (χ1) is 15.9. The normalized spacial score (nSPS) is 10.7. The first-order valence-electron chi connectivity index (χ1n) is 10.6. The highest BCUT2D eigenvalue weighted by Crippen LogP contribution is 2.27. The maximum absolute atomic E-state index is 13.7. The molecular formula is C27H24N2O4. The lowest BCUT2D eigenvalue weighted by atomic mass is 10.0. The highest BCUT2D eigenvalue weighted by molar-refractivity contribution is 6.07. The van der Waals surface area contributed by atoms with Gasteiger partial charge in [0.15, 0.2) is 0 Å². The molecule has 6 heteroatoms. The summed E-state index contributed by atoms with van der Waals surface area (Å²) in [7, 11) is 1.60. The molecule has 4 aromatic rings. The number of ether oxygens (including phenoxy) is 1. The Hall–Kier alpha value is -4.19. The van der Waals surface area contributed by atoms with E-state index in [2.05, 4.69) is 0 Å². The van der Waals surface area contributed by atoms with Crippen LogP contribution in [0.2, 0.25) is 0 Å². The van der Waals surface area contributed by atoms with Crippen molar-refractivity contribution in [2.45, 2.75) is 13.5 Å². The second kappa shape index (κ2) is 9.53. The Morgan fingerprint density at radius 1 is 0.970 bits per heavy atom. The van der Waals surface area contributed by atoms with Gasteiger partial charge in [-0.1, -0.05) is 48.0 Å². The van der Waals surface area contributed by atoms with Crippen LogP contribution in [0.25, 0.3) is 22.2 Å². The molecule has 0 unspecified atom stereocenters. The molecule has 33 heavy (non-hydrogen) atoms. The molecule has 1 aromatic heterocycles. The summed E-state index contributed by atoms with van der Waals surface area (Å²) in [5.74, 6) is -0.697. The Morgan fingerprint density at radius 3 is 2.33 bits per heavy atom. The van der Waals surface area contributed by atoms with Crippen molar-refractivity contribution in [1.82, 2.24) is 9.88 Å². The molecular weight excluding hydrogens is 416 g/mol. The monoisotopic (exact) mass is 440 g/mol. The second-order valence-electron chi connectivity index (χ2n) is 7.84. The van der Waals surface area contributed by atoms with Gasteiger partial charge in [-0.3, -0.25) is 9.59 Å². The molecule has 4 rings (SSSR count). The number of aliphatic carboxylic acids is 1. The molecule has 0 aliphatic rings. The standard InChI is InChI=1S/C27H24N2O4/c1-18-7-9-19(10-8-18)16-29(17-26(30)31)27(32)23-15-25(20-11-13-21(33-2)14-12-20)28-24-6-4-3-5-22(23)24/h3-15H,16-17H2,1-2H3,(H,30,31). The number of hydrogen-bond donors (Lipinski definition) is 1. The highest BCUT2D eigenvalue weighted by Gasteiger charge is 2.22. The fourth-order valence-corrected chi connectivity index (χ4v) is 3.71. The topological polar surface area (TPSA) is 79.7 Å². The Labute approximate surface area is 192 Å². The number of carboxylic acids is 1. The van der Waals surface area contributed by atoms with E-state index >= 15 is 0 Å². The predicted octanol–water partition coefficient (Wildman–Crippen LogP) is 4.95. The summed E-state index contributed by atoms with van der Waals surface area (Å²) >= 11 is 0. The van der Waals surface area contributed by atoms with Gasteiger partial charge in [0, 0.05) is 17.5 Å². The third-order valence-electron chi connectivity index (χ3n) is 5.44. The number of aryl methyl sites for hydroxylation is 1. The summed E-state index contributed by atoms with van der Waals surface area (Å²) in [4.78, 5) is 31.3. The number of methoxy groups -OCH3 is 1. The molecule has 0 radical (unpaired) electrons. The van der Waals surface area contributed by atoms with Crippen molar-refractivity contribution in [2.75, 3.05) is 13.7 Å². The number of fused-ring (bicyclic) bond motifs is 1. The van der Waals surface area contributed by atoms with E-state index in [1.165, 1.54) is 4.90 Å². The van der Waals surface area contributed by atoms with Crippen LogP contribution in [0.1, 0.15) is 21.5 Å². The number of carbonyl (C=O) groups is 2. The molecule has 0 bridgehead atoms. The molecule has 0 fully saturated rings. The average Bonchev–Trinajstić information content (AvgIpc) is 2.83. The van der Waals surface area contributed by atoms with Crippen LogP contribution in [-0.4, -0.2) is 40.5 Å². The van der Waals surface area contributed by atoms with Crippen molar-refractivity contribution < 1.29 is 19.4 Å². The number of rotatable bonds is 7. The summed E-state index contributed by atoms with van der Waals surface area (Å²) in [6.45, 7) is 1.77. The quantitative estimate of drug-likeness (QED) is 0.440. The number of hydrogen-bond acceptors (Lipinski definition) is 4. The SMILES string of the molecule is COc1ccc(-c2cc(C(=O)N(CC(=O)O)Cc3ccc(C)cc3)c3ccccc3n2)cc1. The number of carboxylic acid groups (broad SMARTS) is 1. The van der Waals surface area contributed by atoms with E-state index in [1.807, 2.05) is 79.7 Å². The summed E-state index contributed by atoms with van der Waals surface area (Å²) in [5.41, 5.74) is 4.51. The van der Waals surface area contributed by atoms with Crippen molar-refractivity contribution in [1.29, 1.82) is 0 Å². The molecule has 0 aliphatic carbocycles. The minimum Gasteiger partial charge on any atom is -0.497 e. The first-order valence-corrected chi connectivity index (χ1v) is 10.6. The molecule has 3 aromatic carbocycles. The lowest BCUT2D eigenvalue weighted by Gasteiger charge is -2.22. The maximum Gasteiger partial charge on any atom is 0.323 e. The zero-order valence-electron chi connectivity index (χ0n) is 18.5. The number of para-hydroxylation sites is 1. The molecule has 0 aliphatic heterocycles. The van der Waals surface area contributed by atoms with Crippen LogP contribution in [0, 0.1) is 6.92 Å². The van der Waals surface area contributed by atoms with Crippen LogP contribution in [0.15, 0.2) is 78.9 Å². The van der Waals surface area contributed by atoms with Gasteiger partial charge in [-0.15, -0.1) is 0 Å². The van der Waals surface area contributed by atoms with Gasteiger partial charge in [0.25, 0.3) is 5.91 Å². The number of aromatic nitrogens is 1. The fourth-order valence-electron chi connectivity index (χ4n) is 3.71. The minimum absolute atomic E-state index is 0.194. The van der Waals surface area contributed by atoms with E-state index in [1.54, 1.807) is 13.2 Å². The Morgan fingerprint density at radius 2 is 1.67 bits per heavy atom. The number of nitrogens with zero attached hydrogens (tertiary/aromatic N) is 2. The van der Waals surface area contributed by atoms with Gasteiger partial charge in [-0.2, -0.15) is 0 Å². The number of carbonyl (C=O) groups excluding carboxylic acids is 1. The van der Waals surface area contributed by atoms with Gasteiger partial charge in [-0.25, -0.2) is 4.98 Å². The van der Waals surface area contributed by atoms with Crippen LogP contribution in [0.3, 0.4) is 0 Å². The van der Waals surface area contributed by atoms with E-state index in [-0.39, 0.29) is 12.5 Å². The van der Waals surface area contributed by atoms with Crippen molar-refractivity contribution >= 4 is 22.8 Å². The average molecular weight is 440 g/mol. The molecule has 1 heterocycles. The van der Waals surface area contributed by atoms with Gasteiger partial charge in [0.1, 0.15) is 12.3 Å². The van der Waals surface area contributed by atoms with Gasteiger partial charge in [0.2, 0.25) is 0 Å². The molecule has 166 valence electrons. The van der Waals surface area contributed by atoms with E-state index in [0.717, 1.165) is 22.4 Å². The van der Waals surface area contributed by atoms with Crippen molar-refractivity contribution in [3.63, 3.8) is 0 Å². The second-order valence-corrected chi connectivity index (χ2v) is 7.84. The summed E-state index contributed by atoms with van der Waals surface area (Å²) < 4.78 is 5.23. The lowest BCUT2D eigenvalue weighted by molar-refractivity contribution is -0.137. The largest absolute Gasteiger partial charge is 0.497 e. The van der Waals surface area contributed by atoms with Crippen LogP contribution in [0.5, 0.6) is 5.75 Å². The van der Waals surface area contributed by atoms with E-state index in [0.29, 0.717) is 22.2 Å². The maximum atomic E-state index is 13.7. The molecule has 0 spiro atoms. The molecule has 1 N–H and O–H groups in total. The molecule has 0 atom stereocenters. The summed E-state index contributed by atoms with van der Waals surface area (Å²) in [6, 6.07) is 24.3. The number of benzene rings is 3. The summed E-state index contributed by atoms with van der Waals surface area (Å²) in [6.07, 6.45) is 0. The molecule has 1 amide bonds. The Bertz CT molecular complexity index is 1300. The van der Waals surface area contributed by atoms with E-state index < -0.39 is 12.5 Å². The lowest BCUT2D eigenvalue weighted by Crippen LogP contribution is -2.35. The van der Waals surface area contributed by atoms with Crippen molar-refractivity contribution in [3.8, 4) is 17.0 Å². The Kier molecular flexibility index (Phi) is 6.36. The van der Waals surface area contributed by atoms with E-state index in [4.69, 9.17) is 9.72 Å². The zero-order chi connectivity index (χ0) is 23.4.